The fraction of sp³-hybridized carbons (Fsp3) is 0.733. The highest BCUT2D eigenvalue weighted by Gasteiger charge is 2.13. The van der Waals surface area contributed by atoms with E-state index in [2.05, 4.69) is 36.8 Å². The molecule has 0 saturated carbocycles. The summed E-state index contributed by atoms with van der Waals surface area (Å²) in [6, 6.07) is 2.17. The number of unbranched alkanes of at least 4 members (excludes halogenated alkanes) is 2. The van der Waals surface area contributed by atoms with E-state index in [0.717, 1.165) is 11.5 Å². The molecule has 0 aliphatic carbocycles. The Kier molecular flexibility index (Phi) is 6.17. The predicted molar refractivity (Wildman–Crippen MR) is 73.3 cm³/mol. The van der Waals surface area contributed by atoms with E-state index in [4.69, 9.17) is 0 Å². The SMILES string of the molecule is CCCCC(CCCC)c1cc(C)nc(C)n1. The summed E-state index contributed by atoms with van der Waals surface area (Å²) < 4.78 is 0. The molecule has 96 valence electrons. The van der Waals surface area contributed by atoms with Gasteiger partial charge in [0, 0.05) is 17.3 Å². The highest BCUT2D eigenvalue weighted by atomic mass is 14.9. The first-order valence-corrected chi connectivity index (χ1v) is 6.99. The highest BCUT2D eigenvalue weighted by Crippen LogP contribution is 2.26. The minimum Gasteiger partial charge on any atom is -0.239 e. The third-order valence-electron chi connectivity index (χ3n) is 3.22. The molecule has 0 aliphatic heterocycles. The molecule has 0 radical (unpaired) electrons. The van der Waals surface area contributed by atoms with Crippen molar-refractivity contribution in [3.05, 3.63) is 23.3 Å². The maximum atomic E-state index is 4.63. The van der Waals surface area contributed by atoms with Gasteiger partial charge in [0.25, 0.3) is 0 Å². The minimum atomic E-state index is 0.635. The zero-order valence-corrected chi connectivity index (χ0v) is 11.8. The molecule has 0 saturated heterocycles. The zero-order chi connectivity index (χ0) is 12.7. The van der Waals surface area contributed by atoms with Crippen molar-refractivity contribution in [2.75, 3.05) is 0 Å². The molecule has 0 fully saturated rings. The molecule has 0 unspecified atom stereocenters. The second kappa shape index (κ2) is 7.41. The summed E-state index contributed by atoms with van der Waals surface area (Å²) in [5, 5.41) is 0. The molecule has 17 heavy (non-hydrogen) atoms. The van der Waals surface area contributed by atoms with Gasteiger partial charge in [-0.15, -0.1) is 0 Å². The van der Waals surface area contributed by atoms with Crippen molar-refractivity contribution < 1.29 is 0 Å². The molecule has 2 nitrogen and oxygen atoms in total. The van der Waals surface area contributed by atoms with Crippen LogP contribution in [0.25, 0.3) is 0 Å². The lowest BCUT2D eigenvalue weighted by Crippen LogP contribution is -2.05. The van der Waals surface area contributed by atoms with Crippen LogP contribution in [0.2, 0.25) is 0 Å². The molecule has 1 aromatic heterocycles. The summed E-state index contributed by atoms with van der Waals surface area (Å²) in [6.07, 6.45) is 7.68. The van der Waals surface area contributed by atoms with E-state index in [9.17, 15) is 0 Å². The molecule has 0 aromatic carbocycles. The summed E-state index contributed by atoms with van der Waals surface area (Å²) in [7, 11) is 0. The highest BCUT2D eigenvalue weighted by molar-refractivity contribution is 5.14. The van der Waals surface area contributed by atoms with Crippen molar-refractivity contribution in [1.29, 1.82) is 0 Å². The van der Waals surface area contributed by atoms with Gasteiger partial charge in [-0.3, -0.25) is 0 Å². The third kappa shape index (κ3) is 4.84. The van der Waals surface area contributed by atoms with Gasteiger partial charge in [-0.1, -0.05) is 39.5 Å². The predicted octanol–water partition coefficient (Wildman–Crippen LogP) is 4.56. The van der Waals surface area contributed by atoms with Crippen LogP contribution in [0.3, 0.4) is 0 Å². The fourth-order valence-corrected chi connectivity index (χ4v) is 2.30. The van der Waals surface area contributed by atoms with Crippen molar-refractivity contribution in [3.8, 4) is 0 Å². The summed E-state index contributed by atoms with van der Waals surface area (Å²) >= 11 is 0. The van der Waals surface area contributed by atoms with Gasteiger partial charge in [-0.25, -0.2) is 9.97 Å². The summed E-state index contributed by atoms with van der Waals surface area (Å²) in [5.41, 5.74) is 2.36. The van der Waals surface area contributed by atoms with Crippen LogP contribution in [-0.4, -0.2) is 9.97 Å². The number of aromatic nitrogens is 2. The van der Waals surface area contributed by atoms with Crippen molar-refractivity contribution in [1.82, 2.24) is 9.97 Å². The Morgan fingerprint density at radius 1 is 1.00 bits per heavy atom. The average Bonchev–Trinajstić information content (AvgIpc) is 2.28. The molecule has 1 rings (SSSR count). The van der Waals surface area contributed by atoms with E-state index < -0.39 is 0 Å². The topological polar surface area (TPSA) is 25.8 Å². The molecule has 0 atom stereocenters. The van der Waals surface area contributed by atoms with Crippen LogP contribution in [0.1, 0.15) is 75.5 Å². The minimum absolute atomic E-state index is 0.635. The molecule has 2 heteroatoms. The first kappa shape index (κ1) is 14.1. The van der Waals surface area contributed by atoms with Gasteiger partial charge in [-0.05, 0) is 32.8 Å². The van der Waals surface area contributed by atoms with Crippen LogP contribution in [0, 0.1) is 13.8 Å². The van der Waals surface area contributed by atoms with E-state index >= 15 is 0 Å². The van der Waals surface area contributed by atoms with Gasteiger partial charge in [0.15, 0.2) is 0 Å². The second-order valence-electron chi connectivity index (χ2n) is 4.96. The van der Waals surface area contributed by atoms with Crippen LogP contribution in [0.15, 0.2) is 6.07 Å². The van der Waals surface area contributed by atoms with Gasteiger partial charge >= 0.3 is 0 Å². The Labute approximate surface area is 106 Å². The molecule has 1 aromatic rings. The van der Waals surface area contributed by atoms with Crippen LogP contribution in [-0.2, 0) is 0 Å². The number of nitrogens with zero attached hydrogens (tertiary/aromatic N) is 2. The van der Waals surface area contributed by atoms with Crippen LogP contribution >= 0.6 is 0 Å². The molecule has 0 spiro atoms. The Morgan fingerprint density at radius 2 is 1.59 bits per heavy atom. The zero-order valence-electron chi connectivity index (χ0n) is 11.8. The Morgan fingerprint density at radius 3 is 2.06 bits per heavy atom. The van der Waals surface area contributed by atoms with Crippen molar-refractivity contribution >= 4 is 0 Å². The smallest absolute Gasteiger partial charge is 0.125 e. The lowest BCUT2D eigenvalue weighted by molar-refractivity contribution is 0.512. The van der Waals surface area contributed by atoms with Crippen LogP contribution in [0.4, 0.5) is 0 Å². The first-order valence-electron chi connectivity index (χ1n) is 6.99. The molecule has 1 heterocycles. The first-order chi connectivity index (χ1) is 8.17. The third-order valence-corrected chi connectivity index (χ3v) is 3.22. The van der Waals surface area contributed by atoms with Crippen molar-refractivity contribution in [3.63, 3.8) is 0 Å². The second-order valence-corrected chi connectivity index (χ2v) is 4.96. The average molecular weight is 234 g/mol. The monoisotopic (exact) mass is 234 g/mol. The summed E-state index contributed by atoms with van der Waals surface area (Å²) in [4.78, 5) is 9.00. The van der Waals surface area contributed by atoms with Gasteiger partial charge in [0.1, 0.15) is 5.82 Å². The Hall–Kier alpha value is -0.920. The Bertz CT molecular complexity index is 305. The van der Waals surface area contributed by atoms with E-state index in [1.54, 1.807) is 0 Å². The molecular weight excluding hydrogens is 208 g/mol. The number of aryl methyl sites for hydroxylation is 2. The molecule has 0 bridgehead atoms. The maximum absolute atomic E-state index is 4.63. The van der Waals surface area contributed by atoms with E-state index in [0.29, 0.717) is 5.92 Å². The lowest BCUT2D eigenvalue weighted by Gasteiger charge is -2.16. The molecule has 0 aliphatic rings. The largest absolute Gasteiger partial charge is 0.239 e. The number of hydrogen-bond donors (Lipinski definition) is 0. The maximum Gasteiger partial charge on any atom is 0.125 e. The quantitative estimate of drug-likeness (QED) is 0.691. The van der Waals surface area contributed by atoms with Crippen molar-refractivity contribution in [2.24, 2.45) is 0 Å². The van der Waals surface area contributed by atoms with Gasteiger partial charge in [-0.2, -0.15) is 0 Å². The van der Waals surface area contributed by atoms with Crippen molar-refractivity contribution in [2.45, 2.75) is 72.1 Å². The summed E-state index contributed by atoms with van der Waals surface area (Å²) in [6.45, 7) is 8.57. The van der Waals surface area contributed by atoms with Gasteiger partial charge in [0.2, 0.25) is 0 Å². The standard InChI is InChI=1S/C15H26N2/c1-5-7-9-14(10-8-6-2)15-11-12(3)16-13(4)17-15/h11,14H,5-10H2,1-4H3. The number of hydrogen-bond acceptors (Lipinski definition) is 2. The van der Waals surface area contributed by atoms with Gasteiger partial charge < -0.3 is 0 Å². The van der Waals surface area contributed by atoms with Gasteiger partial charge in [0.05, 0.1) is 0 Å². The van der Waals surface area contributed by atoms with E-state index in [1.807, 2.05) is 6.92 Å². The van der Waals surface area contributed by atoms with E-state index in [-0.39, 0.29) is 0 Å². The lowest BCUT2D eigenvalue weighted by atomic mass is 9.92. The Balaban J connectivity index is 2.78. The molecule has 0 N–H and O–H groups in total. The molecule has 0 amide bonds. The number of rotatable bonds is 7. The summed E-state index contributed by atoms with van der Waals surface area (Å²) in [5.74, 6) is 1.55. The normalized spacial score (nSPS) is 11.1. The van der Waals surface area contributed by atoms with Crippen LogP contribution in [0.5, 0.6) is 0 Å². The molecular formula is C15H26N2. The van der Waals surface area contributed by atoms with Crippen LogP contribution < -0.4 is 0 Å². The fourth-order valence-electron chi connectivity index (χ4n) is 2.30. The van der Waals surface area contributed by atoms with E-state index in [1.165, 1.54) is 44.2 Å².